The molecule has 1 saturated carbocycles. The summed E-state index contributed by atoms with van der Waals surface area (Å²) in [5.74, 6) is 0.994. The van der Waals surface area contributed by atoms with Crippen LogP contribution in [0.25, 0.3) is 5.57 Å². The molecule has 2 aliphatic rings. The van der Waals surface area contributed by atoms with E-state index < -0.39 is 0 Å². The smallest absolute Gasteiger partial charge is 0.150 e. The molecule has 1 aromatic heterocycles. The zero-order valence-corrected chi connectivity index (χ0v) is 14.5. The van der Waals surface area contributed by atoms with Gasteiger partial charge in [-0.15, -0.1) is 0 Å². The first-order chi connectivity index (χ1) is 11.0. The Kier molecular flexibility index (Phi) is 4.24. The van der Waals surface area contributed by atoms with Gasteiger partial charge in [-0.05, 0) is 61.9 Å². The van der Waals surface area contributed by atoms with Gasteiger partial charge in [0.25, 0.3) is 0 Å². The van der Waals surface area contributed by atoms with E-state index in [2.05, 4.69) is 43.4 Å². The zero-order chi connectivity index (χ0) is 16.6. The Morgan fingerprint density at radius 3 is 2.70 bits per heavy atom. The molecule has 1 fully saturated rings. The molecule has 0 aromatic carbocycles. The van der Waals surface area contributed by atoms with Crippen molar-refractivity contribution < 1.29 is 4.79 Å². The first-order valence-corrected chi connectivity index (χ1v) is 8.55. The molecule has 1 heterocycles. The Balaban J connectivity index is 1.86. The summed E-state index contributed by atoms with van der Waals surface area (Å²) in [6.45, 7) is 6.14. The molecule has 122 valence electrons. The molecule has 0 bridgehead atoms. The van der Waals surface area contributed by atoms with Crippen LogP contribution < -0.4 is 5.32 Å². The van der Waals surface area contributed by atoms with Crippen molar-refractivity contribution in [3.63, 3.8) is 0 Å². The van der Waals surface area contributed by atoms with E-state index in [4.69, 9.17) is 4.98 Å². The number of likely N-dealkylation sites (N-methyl/N-ethyl adjacent to an activating group) is 1. The SMILES string of the molecule is CN[C@]1(C(C)=O)C[C@H]1c1ccc(C2=C(C(C)C)C=CCC2)nc1. The van der Waals surface area contributed by atoms with Crippen LogP contribution in [0.4, 0.5) is 0 Å². The molecule has 3 rings (SSSR count). The molecule has 0 aliphatic heterocycles. The van der Waals surface area contributed by atoms with Gasteiger partial charge in [0.1, 0.15) is 5.78 Å². The highest BCUT2D eigenvalue weighted by atomic mass is 16.1. The van der Waals surface area contributed by atoms with E-state index >= 15 is 0 Å². The number of hydrogen-bond donors (Lipinski definition) is 1. The van der Waals surface area contributed by atoms with E-state index in [9.17, 15) is 4.79 Å². The van der Waals surface area contributed by atoms with E-state index in [0.29, 0.717) is 5.92 Å². The third-order valence-electron chi connectivity index (χ3n) is 5.36. The Bertz CT molecular complexity index is 669. The van der Waals surface area contributed by atoms with Crippen LogP contribution in [-0.4, -0.2) is 23.4 Å². The number of carbonyl (C=O) groups excluding carboxylic acids is 1. The number of ketones is 1. The first-order valence-electron chi connectivity index (χ1n) is 8.55. The largest absolute Gasteiger partial charge is 0.307 e. The summed E-state index contributed by atoms with van der Waals surface area (Å²) < 4.78 is 0. The number of allylic oxidation sites excluding steroid dienone is 4. The van der Waals surface area contributed by atoms with Crippen LogP contribution in [-0.2, 0) is 4.79 Å². The number of carbonyl (C=O) groups is 1. The van der Waals surface area contributed by atoms with Crippen LogP contribution in [0.3, 0.4) is 0 Å². The zero-order valence-electron chi connectivity index (χ0n) is 14.5. The summed E-state index contributed by atoms with van der Waals surface area (Å²) in [6, 6.07) is 4.28. The molecule has 1 N–H and O–H groups in total. The van der Waals surface area contributed by atoms with Crippen molar-refractivity contribution in [1.82, 2.24) is 10.3 Å². The van der Waals surface area contributed by atoms with Gasteiger partial charge in [-0.25, -0.2) is 0 Å². The Labute approximate surface area is 138 Å². The maximum absolute atomic E-state index is 11.9. The summed E-state index contributed by atoms with van der Waals surface area (Å²) in [5, 5.41) is 3.20. The van der Waals surface area contributed by atoms with Crippen LogP contribution in [0.2, 0.25) is 0 Å². The van der Waals surface area contributed by atoms with E-state index in [-0.39, 0.29) is 17.2 Å². The lowest BCUT2D eigenvalue weighted by Crippen LogP contribution is -2.36. The average molecular weight is 310 g/mol. The van der Waals surface area contributed by atoms with Gasteiger partial charge in [-0.3, -0.25) is 9.78 Å². The van der Waals surface area contributed by atoms with Crippen LogP contribution in [0.1, 0.15) is 57.2 Å². The molecule has 0 spiro atoms. The van der Waals surface area contributed by atoms with E-state index in [0.717, 1.165) is 30.5 Å². The Morgan fingerprint density at radius 1 is 1.39 bits per heavy atom. The van der Waals surface area contributed by atoms with Gasteiger partial charge in [0.2, 0.25) is 0 Å². The number of hydrogen-bond acceptors (Lipinski definition) is 3. The van der Waals surface area contributed by atoms with E-state index in [1.807, 2.05) is 13.2 Å². The molecule has 0 amide bonds. The summed E-state index contributed by atoms with van der Waals surface area (Å²) in [4.78, 5) is 16.6. The summed E-state index contributed by atoms with van der Waals surface area (Å²) in [6.07, 6.45) is 9.50. The number of nitrogens with zero attached hydrogens (tertiary/aromatic N) is 1. The lowest BCUT2D eigenvalue weighted by molar-refractivity contribution is -0.119. The molecule has 3 nitrogen and oxygen atoms in total. The Morgan fingerprint density at radius 2 is 2.17 bits per heavy atom. The molecule has 2 atom stereocenters. The van der Waals surface area contributed by atoms with Gasteiger partial charge >= 0.3 is 0 Å². The molecular weight excluding hydrogens is 284 g/mol. The Hall–Kier alpha value is -1.74. The van der Waals surface area contributed by atoms with Gasteiger partial charge < -0.3 is 5.32 Å². The fraction of sp³-hybridized carbons (Fsp3) is 0.500. The lowest BCUT2D eigenvalue weighted by atomic mass is 9.88. The number of Topliss-reactive ketones (excluding diaryl/α,β-unsaturated/α-hetero) is 1. The van der Waals surface area contributed by atoms with Gasteiger partial charge in [0, 0.05) is 12.1 Å². The van der Waals surface area contributed by atoms with Crippen molar-refractivity contribution in [3.05, 3.63) is 47.3 Å². The maximum Gasteiger partial charge on any atom is 0.150 e. The topological polar surface area (TPSA) is 42.0 Å². The maximum atomic E-state index is 11.9. The number of rotatable bonds is 5. The highest BCUT2D eigenvalue weighted by Crippen LogP contribution is 2.51. The second-order valence-electron chi connectivity index (χ2n) is 7.04. The predicted octanol–water partition coefficient (Wildman–Crippen LogP) is 3.88. The molecule has 23 heavy (non-hydrogen) atoms. The normalized spacial score (nSPS) is 26.7. The van der Waals surface area contributed by atoms with Crippen molar-refractivity contribution in [2.75, 3.05) is 7.05 Å². The summed E-state index contributed by atoms with van der Waals surface area (Å²) in [7, 11) is 1.87. The van der Waals surface area contributed by atoms with Crippen LogP contribution in [0.5, 0.6) is 0 Å². The van der Waals surface area contributed by atoms with Gasteiger partial charge in [0.15, 0.2) is 0 Å². The monoisotopic (exact) mass is 310 g/mol. The minimum atomic E-state index is -0.362. The third kappa shape index (κ3) is 2.78. The third-order valence-corrected chi connectivity index (χ3v) is 5.36. The molecule has 0 radical (unpaired) electrons. The average Bonchev–Trinajstić information content (AvgIpc) is 3.31. The molecule has 0 unspecified atom stereocenters. The molecule has 2 aliphatic carbocycles. The number of pyridine rings is 1. The minimum Gasteiger partial charge on any atom is -0.307 e. The van der Waals surface area contributed by atoms with Gasteiger partial charge in [-0.2, -0.15) is 0 Å². The standard InChI is InChI=1S/C20H26N2O/c1-13(2)16-7-5-6-8-17(16)19-10-9-15(12-22-19)18-11-20(18,21-4)14(3)23/h5,7,9-10,12-13,18,21H,6,8,11H2,1-4H3/t18-,20-/m0/s1. The first kappa shape index (κ1) is 16.1. The fourth-order valence-corrected chi connectivity index (χ4v) is 3.80. The quantitative estimate of drug-likeness (QED) is 0.897. The van der Waals surface area contributed by atoms with Crippen molar-refractivity contribution in [3.8, 4) is 0 Å². The molecule has 0 saturated heterocycles. The van der Waals surface area contributed by atoms with Crippen molar-refractivity contribution in [1.29, 1.82) is 0 Å². The van der Waals surface area contributed by atoms with Gasteiger partial charge in [-0.1, -0.05) is 32.1 Å². The molecule has 3 heteroatoms. The predicted molar refractivity (Wildman–Crippen MR) is 94.2 cm³/mol. The summed E-state index contributed by atoms with van der Waals surface area (Å²) in [5.41, 5.74) is 4.66. The highest BCUT2D eigenvalue weighted by molar-refractivity contribution is 5.91. The van der Waals surface area contributed by atoms with Crippen molar-refractivity contribution in [2.24, 2.45) is 5.92 Å². The van der Waals surface area contributed by atoms with Crippen LogP contribution in [0.15, 0.2) is 36.1 Å². The number of nitrogens with one attached hydrogen (secondary N) is 1. The van der Waals surface area contributed by atoms with Crippen molar-refractivity contribution >= 4 is 11.4 Å². The minimum absolute atomic E-state index is 0.219. The fourth-order valence-electron chi connectivity index (χ4n) is 3.80. The van der Waals surface area contributed by atoms with Gasteiger partial charge in [0.05, 0.1) is 11.2 Å². The second kappa shape index (κ2) is 6.04. The molecule has 1 aromatic rings. The lowest BCUT2D eigenvalue weighted by Gasteiger charge is -2.19. The molecular formula is C20H26N2O. The number of aromatic nitrogens is 1. The van der Waals surface area contributed by atoms with Crippen LogP contribution in [0, 0.1) is 5.92 Å². The highest BCUT2D eigenvalue weighted by Gasteiger charge is 2.57. The van der Waals surface area contributed by atoms with E-state index in [1.165, 1.54) is 11.1 Å². The summed E-state index contributed by atoms with van der Waals surface area (Å²) >= 11 is 0. The van der Waals surface area contributed by atoms with E-state index in [1.54, 1.807) is 6.92 Å². The van der Waals surface area contributed by atoms with Crippen molar-refractivity contribution in [2.45, 2.75) is 51.5 Å². The second-order valence-corrected chi connectivity index (χ2v) is 7.04. The van der Waals surface area contributed by atoms with Crippen LogP contribution >= 0.6 is 0 Å².